The van der Waals surface area contributed by atoms with Gasteiger partial charge in [0.2, 0.25) is 11.8 Å². The Morgan fingerprint density at radius 3 is 2.25 bits per heavy atom. The summed E-state index contributed by atoms with van der Waals surface area (Å²) in [6, 6.07) is 8.76. The molecule has 0 aliphatic carbocycles. The second-order valence-corrected chi connectivity index (χ2v) is 4.90. The summed E-state index contributed by atoms with van der Waals surface area (Å²) in [5, 5.41) is 39.7. The molecule has 0 fully saturated rings. The molecule has 3 N–H and O–H groups in total. The van der Waals surface area contributed by atoms with Gasteiger partial charge in [-0.05, 0) is 5.56 Å². The van der Waals surface area contributed by atoms with Crippen LogP contribution in [0.25, 0.3) is 0 Å². The van der Waals surface area contributed by atoms with Crippen LogP contribution in [0.2, 0.25) is 0 Å². The molecule has 1 aliphatic heterocycles. The maximum Gasteiger partial charge on any atom is 0.269 e. The van der Waals surface area contributed by atoms with Crippen molar-refractivity contribution in [3.63, 3.8) is 0 Å². The SMILES string of the molecule is CC(=O)N1C(N)=C(C#N)[C@@H](c2ccc([N+](=O)[O-])cc2)C(C#N)=C1O. The highest BCUT2D eigenvalue weighted by molar-refractivity contribution is 5.79. The number of amides is 1. The number of rotatable bonds is 2. The van der Waals surface area contributed by atoms with Gasteiger partial charge >= 0.3 is 0 Å². The molecule has 24 heavy (non-hydrogen) atoms. The third-order valence-corrected chi connectivity index (χ3v) is 3.54. The molecule has 1 amide bonds. The number of non-ortho nitro benzene ring substituents is 1. The first-order valence-corrected chi connectivity index (χ1v) is 6.61. The van der Waals surface area contributed by atoms with Gasteiger partial charge < -0.3 is 10.8 Å². The standard InChI is InChI=1S/C15H11N5O4/c1-8(21)19-14(18)11(6-16)13(12(7-17)15(19)22)9-2-4-10(5-3-9)20(23)24/h2-5,13,22H,18H2,1H3/t13-/m1/s1. The van der Waals surface area contributed by atoms with Gasteiger partial charge in [-0.2, -0.15) is 10.5 Å². The Balaban J connectivity index is 2.67. The third-order valence-electron chi connectivity index (χ3n) is 3.54. The number of hydrogen-bond acceptors (Lipinski definition) is 7. The van der Waals surface area contributed by atoms with Crippen LogP contribution < -0.4 is 5.73 Å². The molecule has 1 aromatic rings. The molecule has 9 nitrogen and oxygen atoms in total. The normalized spacial score (nSPS) is 17.3. The highest BCUT2D eigenvalue weighted by Gasteiger charge is 2.37. The van der Waals surface area contributed by atoms with Gasteiger partial charge in [-0.3, -0.25) is 14.9 Å². The van der Waals surface area contributed by atoms with Crippen LogP contribution in [0.3, 0.4) is 0 Å². The number of carbonyl (C=O) groups is 1. The van der Waals surface area contributed by atoms with E-state index in [0.29, 0.717) is 10.5 Å². The zero-order chi connectivity index (χ0) is 18.0. The van der Waals surface area contributed by atoms with Crippen molar-refractivity contribution < 1.29 is 14.8 Å². The molecule has 1 aromatic carbocycles. The molecule has 0 aromatic heterocycles. The maximum atomic E-state index is 11.6. The minimum atomic E-state index is -1.02. The van der Waals surface area contributed by atoms with E-state index in [1.54, 1.807) is 6.07 Å². The second-order valence-electron chi connectivity index (χ2n) is 4.90. The number of nitrogens with two attached hydrogens (primary N) is 1. The van der Waals surface area contributed by atoms with Gasteiger partial charge in [0.15, 0.2) is 0 Å². The van der Waals surface area contributed by atoms with Crippen LogP contribution in [-0.4, -0.2) is 20.8 Å². The first-order valence-electron chi connectivity index (χ1n) is 6.61. The van der Waals surface area contributed by atoms with Crippen molar-refractivity contribution in [1.29, 1.82) is 10.5 Å². The zero-order valence-electron chi connectivity index (χ0n) is 12.4. The number of benzene rings is 1. The van der Waals surface area contributed by atoms with Gasteiger partial charge in [-0.25, -0.2) is 4.90 Å². The Morgan fingerprint density at radius 2 is 1.83 bits per heavy atom. The van der Waals surface area contributed by atoms with E-state index in [-0.39, 0.29) is 22.7 Å². The monoisotopic (exact) mass is 325 g/mol. The van der Waals surface area contributed by atoms with E-state index in [4.69, 9.17) is 5.73 Å². The number of allylic oxidation sites excluding steroid dienone is 2. The second kappa shape index (κ2) is 6.10. The molecule has 1 atom stereocenters. The lowest BCUT2D eigenvalue weighted by Crippen LogP contribution is -2.38. The van der Waals surface area contributed by atoms with Crippen LogP contribution in [-0.2, 0) is 4.79 Å². The van der Waals surface area contributed by atoms with Gasteiger partial charge in [0.05, 0.1) is 22.5 Å². The van der Waals surface area contributed by atoms with Crippen LogP contribution in [0.15, 0.2) is 47.1 Å². The van der Waals surface area contributed by atoms with E-state index in [1.165, 1.54) is 24.3 Å². The van der Waals surface area contributed by atoms with E-state index < -0.39 is 22.6 Å². The predicted octanol–water partition coefficient (Wildman–Crippen LogP) is 1.53. The van der Waals surface area contributed by atoms with Crippen molar-refractivity contribution in [2.75, 3.05) is 0 Å². The summed E-state index contributed by atoms with van der Waals surface area (Å²) in [6.45, 7) is 1.12. The van der Waals surface area contributed by atoms with Crippen molar-refractivity contribution in [2.24, 2.45) is 5.73 Å². The largest absolute Gasteiger partial charge is 0.493 e. The first-order chi connectivity index (χ1) is 11.3. The minimum absolute atomic E-state index is 0.103. The van der Waals surface area contributed by atoms with E-state index >= 15 is 0 Å². The fourth-order valence-electron chi connectivity index (χ4n) is 2.45. The van der Waals surface area contributed by atoms with Crippen LogP contribution in [0.4, 0.5) is 5.69 Å². The lowest BCUT2D eigenvalue weighted by atomic mass is 9.83. The van der Waals surface area contributed by atoms with Gasteiger partial charge in [-0.15, -0.1) is 0 Å². The van der Waals surface area contributed by atoms with Crippen molar-refractivity contribution in [2.45, 2.75) is 12.8 Å². The molecule has 0 spiro atoms. The van der Waals surface area contributed by atoms with E-state index in [2.05, 4.69) is 0 Å². The third kappa shape index (κ3) is 2.51. The first kappa shape index (κ1) is 16.5. The van der Waals surface area contributed by atoms with Crippen molar-refractivity contribution in [3.05, 3.63) is 62.8 Å². The summed E-state index contributed by atoms with van der Waals surface area (Å²) in [5.74, 6) is -2.63. The van der Waals surface area contributed by atoms with Crippen LogP contribution in [0.5, 0.6) is 0 Å². The molecule has 0 radical (unpaired) electrons. The maximum absolute atomic E-state index is 11.6. The van der Waals surface area contributed by atoms with Crippen molar-refractivity contribution in [1.82, 2.24) is 4.90 Å². The summed E-state index contributed by atoms with van der Waals surface area (Å²) in [7, 11) is 0. The lowest BCUT2D eigenvalue weighted by Gasteiger charge is -2.30. The van der Waals surface area contributed by atoms with E-state index in [0.717, 1.165) is 6.92 Å². The summed E-state index contributed by atoms with van der Waals surface area (Å²) in [5.41, 5.74) is 5.64. The molecule has 0 unspecified atom stereocenters. The molecule has 0 saturated heterocycles. The fraction of sp³-hybridized carbons (Fsp3) is 0.133. The van der Waals surface area contributed by atoms with Gasteiger partial charge in [0.1, 0.15) is 17.5 Å². The number of hydrogen-bond donors (Lipinski definition) is 2. The number of nitrogens with zero attached hydrogens (tertiary/aromatic N) is 4. The number of nitro groups is 1. The van der Waals surface area contributed by atoms with Crippen molar-refractivity contribution >= 4 is 11.6 Å². The van der Waals surface area contributed by atoms with Crippen LogP contribution in [0.1, 0.15) is 18.4 Å². The Labute approximate surface area is 136 Å². The number of nitriles is 2. The molecule has 1 heterocycles. The summed E-state index contributed by atoms with van der Waals surface area (Å²) < 4.78 is 0. The quantitative estimate of drug-likeness (QED) is 0.616. The zero-order valence-corrected chi connectivity index (χ0v) is 12.4. The summed E-state index contributed by atoms with van der Waals surface area (Å²) in [4.78, 5) is 22.5. The van der Waals surface area contributed by atoms with E-state index in [9.17, 15) is 30.5 Å². The average Bonchev–Trinajstić information content (AvgIpc) is 2.54. The predicted molar refractivity (Wildman–Crippen MR) is 80.5 cm³/mol. The molecule has 120 valence electrons. The van der Waals surface area contributed by atoms with E-state index in [1.807, 2.05) is 6.07 Å². The average molecular weight is 325 g/mol. The van der Waals surface area contributed by atoms with Gasteiger partial charge in [-0.1, -0.05) is 12.1 Å². The molecular formula is C15H11N5O4. The van der Waals surface area contributed by atoms with Crippen LogP contribution >= 0.6 is 0 Å². The Morgan fingerprint density at radius 1 is 1.29 bits per heavy atom. The number of nitro benzene ring substituents is 1. The number of aliphatic hydroxyl groups excluding tert-OH is 1. The minimum Gasteiger partial charge on any atom is -0.493 e. The molecule has 9 heteroatoms. The molecule has 0 bridgehead atoms. The Kier molecular flexibility index (Phi) is 4.20. The fourth-order valence-corrected chi connectivity index (χ4v) is 2.45. The number of carbonyl (C=O) groups excluding carboxylic acids is 1. The smallest absolute Gasteiger partial charge is 0.269 e. The van der Waals surface area contributed by atoms with Gasteiger partial charge in [0, 0.05) is 19.1 Å². The Bertz CT molecular complexity index is 833. The summed E-state index contributed by atoms with van der Waals surface area (Å²) in [6.07, 6.45) is 0. The highest BCUT2D eigenvalue weighted by atomic mass is 16.6. The van der Waals surface area contributed by atoms with Gasteiger partial charge in [0.25, 0.3) is 5.69 Å². The van der Waals surface area contributed by atoms with Crippen molar-refractivity contribution in [3.8, 4) is 12.1 Å². The summed E-state index contributed by atoms with van der Waals surface area (Å²) >= 11 is 0. The molecule has 1 aliphatic rings. The lowest BCUT2D eigenvalue weighted by molar-refractivity contribution is -0.384. The Hall–Kier alpha value is -3.85. The molecule has 0 saturated carbocycles. The number of aliphatic hydroxyl groups is 1. The molecule has 2 rings (SSSR count). The molecular weight excluding hydrogens is 314 g/mol. The highest BCUT2D eigenvalue weighted by Crippen LogP contribution is 2.39. The van der Waals surface area contributed by atoms with Crippen LogP contribution in [0, 0.1) is 32.8 Å². The topological polar surface area (TPSA) is 157 Å².